The molecule has 0 saturated carbocycles. The minimum atomic E-state index is -4.46. The smallest absolute Gasteiger partial charge is 0.286 e. The summed E-state index contributed by atoms with van der Waals surface area (Å²) in [7, 11) is -4.46. The molecule has 0 aliphatic carbocycles. The van der Waals surface area contributed by atoms with Gasteiger partial charge in [-0.1, -0.05) is 37.2 Å². The summed E-state index contributed by atoms with van der Waals surface area (Å²) in [6.07, 6.45) is 0. The number of rotatable bonds is 5. The molecule has 0 aliphatic heterocycles. The molecule has 0 aliphatic rings. The normalized spacial score (nSPS) is 14.4. The van der Waals surface area contributed by atoms with Gasteiger partial charge in [0.15, 0.2) is 5.37 Å². The number of benzene rings is 1. The lowest BCUT2D eigenvalue weighted by Crippen LogP contribution is -2.44. The number of amides is 1. The average Bonchev–Trinajstić information content (AvgIpc) is 2.34. The van der Waals surface area contributed by atoms with Crippen molar-refractivity contribution >= 4 is 27.6 Å². The Hall–Kier alpha value is -1.37. The standard InChI is InChI=1S/C13H16ClNO4S/c1-8(2)12(16)15-13(20(17,18)19)9(3)10-4-6-11(14)7-5-10/h4-7,9,13H,1H2,2-3H3,(H,15,16)(H,17,18,19). The van der Waals surface area contributed by atoms with Gasteiger partial charge in [-0.3, -0.25) is 9.35 Å². The predicted octanol–water partition coefficient (Wildman–Crippen LogP) is 2.35. The van der Waals surface area contributed by atoms with Crippen LogP contribution in [0.5, 0.6) is 0 Å². The van der Waals surface area contributed by atoms with Gasteiger partial charge in [0.05, 0.1) is 0 Å². The first-order valence-corrected chi connectivity index (χ1v) is 7.69. The molecule has 1 amide bonds. The maximum Gasteiger partial charge on any atom is 0.286 e. The molecule has 2 N–H and O–H groups in total. The largest absolute Gasteiger partial charge is 0.333 e. The van der Waals surface area contributed by atoms with E-state index >= 15 is 0 Å². The Morgan fingerprint density at radius 1 is 1.35 bits per heavy atom. The second-order valence-electron chi connectivity index (χ2n) is 4.53. The Labute approximate surface area is 123 Å². The van der Waals surface area contributed by atoms with E-state index in [2.05, 4.69) is 11.9 Å². The van der Waals surface area contributed by atoms with Crippen LogP contribution in [0.25, 0.3) is 0 Å². The molecule has 0 heterocycles. The average molecular weight is 318 g/mol. The maximum absolute atomic E-state index is 11.6. The van der Waals surface area contributed by atoms with Crippen molar-refractivity contribution in [3.63, 3.8) is 0 Å². The van der Waals surface area contributed by atoms with Crippen molar-refractivity contribution < 1.29 is 17.8 Å². The summed E-state index contributed by atoms with van der Waals surface area (Å²) in [6, 6.07) is 6.49. The summed E-state index contributed by atoms with van der Waals surface area (Å²) in [6.45, 7) is 6.46. The summed E-state index contributed by atoms with van der Waals surface area (Å²) in [4.78, 5) is 11.6. The van der Waals surface area contributed by atoms with E-state index in [1.54, 1.807) is 31.2 Å². The van der Waals surface area contributed by atoms with E-state index in [4.69, 9.17) is 11.6 Å². The number of hydrogen-bond acceptors (Lipinski definition) is 3. The number of nitrogens with one attached hydrogen (secondary N) is 1. The molecule has 110 valence electrons. The van der Waals surface area contributed by atoms with Crippen LogP contribution in [0.3, 0.4) is 0 Å². The maximum atomic E-state index is 11.6. The van der Waals surface area contributed by atoms with Crippen molar-refractivity contribution in [1.82, 2.24) is 5.32 Å². The SMILES string of the molecule is C=C(C)C(=O)NC(C(C)c1ccc(Cl)cc1)S(=O)(=O)O. The van der Waals surface area contributed by atoms with Gasteiger partial charge in [-0.2, -0.15) is 8.42 Å². The van der Waals surface area contributed by atoms with Crippen LogP contribution in [0.15, 0.2) is 36.4 Å². The van der Waals surface area contributed by atoms with Gasteiger partial charge >= 0.3 is 0 Å². The van der Waals surface area contributed by atoms with Crippen molar-refractivity contribution in [3.05, 3.63) is 47.0 Å². The Bertz CT molecular complexity index is 610. The zero-order valence-corrected chi connectivity index (χ0v) is 12.7. The first-order valence-electron chi connectivity index (χ1n) is 5.81. The fourth-order valence-electron chi connectivity index (χ4n) is 1.65. The molecule has 0 spiro atoms. The Morgan fingerprint density at radius 3 is 2.25 bits per heavy atom. The zero-order valence-electron chi connectivity index (χ0n) is 11.1. The molecular weight excluding hydrogens is 302 g/mol. The molecule has 1 aromatic carbocycles. The lowest BCUT2D eigenvalue weighted by molar-refractivity contribution is -0.117. The third-order valence-electron chi connectivity index (χ3n) is 2.83. The molecule has 20 heavy (non-hydrogen) atoms. The topological polar surface area (TPSA) is 83.5 Å². The summed E-state index contributed by atoms with van der Waals surface area (Å²) >= 11 is 5.76. The molecule has 0 radical (unpaired) electrons. The minimum absolute atomic E-state index is 0.155. The van der Waals surface area contributed by atoms with Gasteiger partial charge < -0.3 is 5.32 Å². The first-order chi connectivity index (χ1) is 9.12. The highest BCUT2D eigenvalue weighted by Gasteiger charge is 2.31. The van der Waals surface area contributed by atoms with Crippen LogP contribution < -0.4 is 5.32 Å². The van der Waals surface area contributed by atoms with E-state index in [0.717, 1.165) is 0 Å². The molecular formula is C13H16ClNO4S. The van der Waals surface area contributed by atoms with Gasteiger partial charge in [-0.05, 0) is 24.6 Å². The van der Waals surface area contributed by atoms with Gasteiger partial charge in [0.25, 0.3) is 10.1 Å². The lowest BCUT2D eigenvalue weighted by atomic mass is 10.0. The molecule has 0 fully saturated rings. The second kappa shape index (κ2) is 6.39. The number of halogens is 1. The molecule has 7 heteroatoms. The summed E-state index contributed by atoms with van der Waals surface area (Å²) in [5, 5.41) is 1.32. The van der Waals surface area contributed by atoms with Crippen LogP contribution in [0.4, 0.5) is 0 Å². The van der Waals surface area contributed by atoms with E-state index in [1.165, 1.54) is 6.92 Å². The Kier molecular flexibility index (Phi) is 5.33. The highest BCUT2D eigenvalue weighted by Crippen LogP contribution is 2.24. The molecule has 2 atom stereocenters. The van der Waals surface area contributed by atoms with Crippen LogP contribution in [-0.2, 0) is 14.9 Å². The Morgan fingerprint density at radius 2 is 1.85 bits per heavy atom. The zero-order chi connectivity index (χ0) is 15.5. The minimum Gasteiger partial charge on any atom is -0.333 e. The third-order valence-corrected chi connectivity index (χ3v) is 4.25. The van der Waals surface area contributed by atoms with Crippen molar-refractivity contribution in [2.75, 3.05) is 0 Å². The van der Waals surface area contributed by atoms with Gasteiger partial charge in [0.1, 0.15) is 0 Å². The highest BCUT2D eigenvalue weighted by atomic mass is 35.5. The van der Waals surface area contributed by atoms with E-state index in [9.17, 15) is 17.8 Å². The van der Waals surface area contributed by atoms with Gasteiger partial charge in [-0.15, -0.1) is 0 Å². The molecule has 5 nitrogen and oxygen atoms in total. The fraction of sp³-hybridized carbons (Fsp3) is 0.308. The lowest BCUT2D eigenvalue weighted by Gasteiger charge is -2.23. The second-order valence-corrected chi connectivity index (χ2v) is 6.50. The Balaban J connectivity index is 3.08. The molecule has 1 aromatic rings. The first kappa shape index (κ1) is 16.7. The van der Waals surface area contributed by atoms with Gasteiger partial charge in [0.2, 0.25) is 5.91 Å². The molecule has 0 aromatic heterocycles. The van der Waals surface area contributed by atoms with Crippen molar-refractivity contribution in [2.24, 2.45) is 0 Å². The predicted molar refractivity (Wildman–Crippen MR) is 78.2 cm³/mol. The van der Waals surface area contributed by atoms with E-state index in [-0.39, 0.29) is 5.57 Å². The van der Waals surface area contributed by atoms with Crippen LogP contribution in [0.1, 0.15) is 25.3 Å². The fourth-order valence-corrected chi connectivity index (χ4v) is 2.71. The number of carbonyl (C=O) groups is 1. The molecule has 1 rings (SSSR count). The number of hydrogen-bond donors (Lipinski definition) is 2. The number of carbonyl (C=O) groups excluding carboxylic acids is 1. The van der Waals surface area contributed by atoms with E-state index in [0.29, 0.717) is 10.6 Å². The van der Waals surface area contributed by atoms with Crippen molar-refractivity contribution in [2.45, 2.75) is 25.1 Å². The van der Waals surface area contributed by atoms with Crippen LogP contribution in [-0.4, -0.2) is 24.3 Å². The summed E-state index contributed by atoms with van der Waals surface area (Å²) in [5.41, 5.74) is 0.779. The summed E-state index contributed by atoms with van der Waals surface area (Å²) in [5.74, 6) is -1.28. The molecule has 2 unspecified atom stereocenters. The molecule has 0 saturated heterocycles. The highest BCUT2D eigenvalue weighted by molar-refractivity contribution is 7.86. The van der Waals surface area contributed by atoms with Crippen molar-refractivity contribution in [1.29, 1.82) is 0 Å². The van der Waals surface area contributed by atoms with Gasteiger partial charge in [-0.25, -0.2) is 0 Å². The van der Waals surface area contributed by atoms with E-state index in [1.807, 2.05) is 0 Å². The van der Waals surface area contributed by atoms with Crippen molar-refractivity contribution in [3.8, 4) is 0 Å². The van der Waals surface area contributed by atoms with E-state index < -0.39 is 27.3 Å². The van der Waals surface area contributed by atoms with Crippen LogP contribution in [0, 0.1) is 0 Å². The third kappa shape index (κ3) is 4.33. The van der Waals surface area contributed by atoms with Crippen LogP contribution in [0.2, 0.25) is 5.02 Å². The van der Waals surface area contributed by atoms with Gasteiger partial charge in [0, 0.05) is 16.5 Å². The van der Waals surface area contributed by atoms with Crippen LogP contribution >= 0.6 is 11.6 Å². The summed E-state index contributed by atoms with van der Waals surface area (Å²) < 4.78 is 32.2. The molecule has 0 bridgehead atoms. The monoisotopic (exact) mass is 317 g/mol. The quantitative estimate of drug-likeness (QED) is 0.645.